The van der Waals surface area contributed by atoms with Crippen LogP contribution in [0.15, 0.2) is 66.0 Å². The summed E-state index contributed by atoms with van der Waals surface area (Å²) in [6.07, 6.45) is 5.05. The number of ether oxygens (including phenoxy) is 1. The van der Waals surface area contributed by atoms with Crippen molar-refractivity contribution in [3.05, 3.63) is 66.6 Å². The average Bonchev–Trinajstić information content (AvgIpc) is 2.47. The van der Waals surface area contributed by atoms with E-state index >= 15 is 0 Å². The lowest BCUT2D eigenvalue weighted by atomic mass is 10.2. The summed E-state index contributed by atoms with van der Waals surface area (Å²) in [6.45, 7) is 7.38. The first kappa shape index (κ1) is 9.46. The first-order valence-corrected chi connectivity index (χ1v) is 4.65. The van der Waals surface area contributed by atoms with Crippen molar-refractivity contribution in [1.29, 1.82) is 0 Å². The average molecular weight is 197 g/mol. The summed E-state index contributed by atoms with van der Waals surface area (Å²) in [5, 5.41) is 0. The molecule has 1 aromatic carbocycles. The van der Waals surface area contributed by atoms with E-state index in [1.54, 1.807) is 18.4 Å². The highest BCUT2D eigenvalue weighted by Crippen LogP contribution is 2.24. The Balaban J connectivity index is 2.53. The normalized spacial score (nSPS) is 13.9. The van der Waals surface area contributed by atoms with Gasteiger partial charge in [0.2, 0.25) is 0 Å². The number of para-hydroxylation sites is 1. The Morgan fingerprint density at radius 2 is 1.93 bits per heavy atom. The van der Waals surface area contributed by atoms with Crippen molar-refractivity contribution in [2.45, 2.75) is 0 Å². The van der Waals surface area contributed by atoms with Gasteiger partial charge >= 0.3 is 0 Å². The quantitative estimate of drug-likeness (QED) is 0.714. The molecule has 0 unspecified atom stereocenters. The number of rotatable bonds is 2. The van der Waals surface area contributed by atoms with Gasteiger partial charge in [-0.1, -0.05) is 25.3 Å². The van der Waals surface area contributed by atoms with E-state index in [1.165, 1.54) is 0 Å². The summed E-state index contributed by atoms with van der Waals surface area (Å²) in [5.41, 5.74) is 1.65. The molecule has 0 bridgehead atoms. The molecule has 0 saturated carbocycles. The molecule has 1 aliphatic heterocycles. The van der Waals surface area contributed by atoms with Gasteiger partial charge in [0.05, 0.1) is 0 Å². The van der Waals surface area contributed by atoms with E-state index < -0.39 is 0 Å². The molecule has 0 radical (unpaired) electrons. The summed E-state index contributed by atoms with van der Waals surface area (Å²) in [6, 6.07) is 7.72. The van der Waals surface area contributed by atoms with Crippen molar-refractivity contribution in [3.8, 4) is 5.75 Å². The van der Waals surface area contributed by atoms with Gasteiger partial charge < -0.3 is 4.74 Å². The monoisotopic (exact) mass is 197 g/mol. The Morgan fingerprint density at radius 3 is 2.67 bits per heavy atom. The van der Waals surface area contributed by atoms with Gasteiger partial charge in [-0.25, -0.2) is 0 Å². The number of fused-ring (bicyclic) bond motifs is 1. The minimum Gasteiger partial charge on any atom is -0.454 e. The molecule has 0 atom stereocenters. The zero-order valence-electron chi connectivity index (χ0n) is 8.31. The van der Waals surface area contributed by atoms with Gasteiger partial charge in [-0.05, 0) is 24.3 Å². The topological polar surface area (TPSA) is 21.6 Å². The zero-order valence-corrected chi connectivity index (χ0v) is 8.31. The van der Waals surface area contributed by atoms with Crippen molar-refractivity contribution < 1.29 is 4.74 Å². The molecule has 0 saturated heterocycles. The Morgan fingerprint density at radius 1 is 1.13 bits per heavy atom. The summed E-state index contributed by atoms with van der Waals surface area (Å²) in [7, 11) is 0. The van der Waals surface area contributed by atoms with Crippen molar-refractivity contribution in [2.24, 2.45) is 4.99 Å². The van der Waals surface area contributed by atoms with Gasteiger partial charge in [-0.2, -0.15) is 0 Å². The van der Waals surface area contributed by atoms with Gasteiger partial charge in [0.1, 0.15) is 11.4 Å². The van der Waals surface area contributed by atoms with E-state index in [0.29, 0.717) is 11.5 Å². The molecule has 2 heteroatoms. The molecule has 15 heavy (non-hydrogen) atoms. The van der Waals surface area contributed by atoms with Crippen LogP contribution in [0.4, 0.5) is 0 Å². The standard InChI is InChI=1S/C13H11NO/c1-3-11-12(4-2)15-13-8-6-5-7-10(13)9-14-11/h3-9H,1-2H2. The summed E-state index contributed by atoms with van der Waals surface area (Å²) in [5.74, 6) is 1.42. The van der Waals surface area contributed by atoms with Gasteiger partial charge in [-0.15, -0.1) is 0 Å². The fourth-order valence-corrected chi connectivity index (χ4v) is 1.35. The second-order valence-electron chi connectivity index (χ2n) is 3.06. The van der Waals surface area contributed by atoms with Crippen LogP contribution >= 0.6 is 0 Å². The van der Waals surface area contributed by atoms with E-state index in [9.17, 15) is 0 Å². The van der Waals surface area contributed by atoms with Crippen LogP contribution in [0.2, 0.25) is 0 Å². The third-order valence-corrected chi connectivity index (χ3v) is 2.11. The van der Waals surface area contributed by atoms with E-state index in [0.717, 1.165) is 11.3 Å². The van der Waals surface area contributed by atoms with Crippen molar-refractivity contribution in [1.82, 2.24) is 0 Å². The van der Waals surface area contributed by atoms with Gasteiger partial charge in [0, 0.05) is 11.8 Å². The van der Waals surface area contributed by atoms with Gasteiger partial charge in [0.15, 0.2) is 5.76 Å². The number of nitrogens with zero attached hydrogens (tertiary/aromatic N) is 1. The largest absolute Gasteiger partial charge is 0.454 e. The molecule has 1 aromatic rings. The Bertz CT molecular complexity index is 469. The maximum atomic E-state index is 5.67. The molecular formula is C13H11NO. The first-order chi connectivity index (χ1) is 7.35. The highest BCUT2D eigenvalue weighted by atomic mass is 16.5. The molecular weight excluding hydrogens is 186 g/mol. The van der Waals surface area contributed by atoms with Crippen molar-refractivity contribution in [3.63, 3.8) is 0 Å². The minimum atomic E-state index is 0.631. The van der Waals surface area contributed by atoms with Crippen LogP contribution in [-0.4, -0.2) is 6.21 Å². The predicted octanol–water partition coefficient (Wildman–Crippen LogP) is 3.08. The fourth-order valence-electron chi connectivity index (χ4n) is 1.35. The van der Waals surface area contributed by atoms with Crippen LogP contribution < -0.4 is 4.74 Å². The van der Waals surface area contributed by atoms with Crippen LogP contribution in [0.25, 0.3) is 0 Å². The third kappa shape index (κ3) is 1.74. The second kappa shape index (κ2) is 3.96. The smallest absolute Gasteiger partial charge is 0.152 e. The van der Waals surface area contributed by atoms with E-state index in [1.807, 2.05) is 24.3 Å². The molecule has 0 N–H and O–H groups in total. The minimum absolute atomic E-state index is 0.631. The van der Waals surface area contributed by atoms with E-state index in [-0.39, 0.29) is 0 Å². The third-order valence-electron chi connectivity index (χ3n) is 2.11. The van der Waals surface area contributed by atoms with Gasteiger partial charge in [0.25, 0.3) is 0 Å². The maximum Gasteiger partial charge on any atom is 0.152 e. The summed E-state index contributed by atoms with van der Waals surface area (Å²) in [4.78, 5) is 4.28. The van der Waals surface area contributed by atoms with Crippen LogP contribution in [0.5, 0.6) is 5.75 Å². The highest BCUT2D eigenvalue weighted by molar-refractivity contribution is 5.85. The first-order valence-electron chi connectivity index (χ1n) is 4.65. The van der Waals surface area contributed by atoms with Crippen LogP contribution in [0.3, 0.4) is 0 Å². The number of benzene rings is 1. The zero-order chi connectivity index (χ0) is 10.7. The maximum absolute atomic E-state index is 5.67. The van der Waals surface area contributed by atoms with Crippen molar-refractivity contribution >= 4 is 6.21 Å². The number of allylic oxidation sites excluding steroid dienone is 2. The molecule has 0 amide bonds. The molecule has 2 rings (SSSR count). The lowest BCUT2D eigenvalue weighted by Crippen LogP contribution is -1.94. The highest BCUT2D eigenvalue weighted by Gasteiger charge is 2.09. The lowest BCUT2D eigenvalue weighted by Gasteiger charge is -2.06. The summed E-state index contributed by atoms with van der Waals surface area (Å²) >= 11 is 0. The molecule has 0 fully saturated rings. The van der Waals surface area contributed by atoms with Crippen LogP contribution in [0.1, 0.15) is 5.56 Å². The van der Waals surface area contributed by atoms with Crippen molar-refractivity contribution in [2.75, 3.05) is 0 Å². The molecule has 0 aromatic heterocycles. The Hall–Kier alpha value is -2.09. The number of hydrogen-bond acceptors (Lipinski definition) is 2. The SMILES string of the molecule is C=CC1=C(C=C)Oc2ccccc2C=N1. The van der Waals surface area contributed by atoms with E-state index in [4.69, 9.17) is 4.74 Å². The molecule has 74 valence electrons. The Labute approximate surface area is 88.9 Å². The predicted molar refractivity (Wildman–Crippen MR) is 62.1 cm³/mol. The van der Waals surface area contributed by atoms with Crippen LogP contribution in [-0.2, 0) is 0 Å². The molecule has 2 nitrogen and oxygen atoms in total. The number of hydrogen-bond donors (Lipinski definition) is 0. The Kier molecular flexibility index (Phi) is 2.50. The van der Waals surface area contributed by atoms with E-state index in [2.05, 4.69) is 18.2 Å². The molecule has 0 spiro atoms. The second-order valence-corrected chi connectivity index (χ2v) is 3.06. The summed E-state index contributed by atoms with van der Waals surface area (Å²) < 4.78 is 5.67. The fraction of sp³-hybridized carbons (Fsp3) is 0. The molecule has 1 heterocycles. The lowest BCUT2D eigenvalue weighted by molar-refractivity contribution is 0.440. The molecule has 1 aliphatic rings. The number of aliphatic imine (C=N–C) groups is 1. The van der Waals surface area contributed by atoms with Gasteiger partial charge in [-0.3, -0.25) is 4.99 Å². The molecule has 0 aliphatic carbocycles. The van der Waals surface area contributed by atoms with Crippen LogP contribution in [0, 0.1) is 0 Å².